The van der Waals surface area contributed by atoms with Gasteiger partial charge in [0.1, 0.15) is 0 Å². The molecule has 3 rings (SSSR count). The van der Waals surface area contributed by atoms with Crippen molar-refractivity contribution in [1.82, 2.24) is 15.5 Å². The highest BCUT2D eigenvalue weighted by atomic mass is 16.5. The first-order valence-corrected chi connectivity index (χ1v) is 7.01. The lowest BCUT2D eigenvalue weighted by Crippen LogP contribution is -2.43. The van der Waals surface area contributed by atoms with Crippen LogP contribution in [0.25, 0.3) is 0 Å². The summed E-state index contributed by atoms with van der Waals surface area (Å²) in [4.78, 5) is 4.45. The van der Waals surface area contributed by atoms with Gasteiger partial charge in [0.25, 0.3) is 0 Å². The molecule has 0 saturated carbocycles. The Morgan fingerprint density at radius 3 is 2.71 bits per heavy atom. The number of ether oxygens (including phenoxy) is 2. The van der Waals surface area contributed by atoms with Gasteiger partial charge in [0, 0.05) is 12.8 Å². The minimum atomic E-state index is 0.618. The van der Waals surface area contributed by atoms with Gasteiger partial charge in [0.2, 0.25) is 5.89 Å². The predicted octanol–water partition coefficient (Wildman–Crippen LogP) is 1.44. The highest BCUT2D eigenvalue weighted by molar-refractivity contribution is 5.43. The number of hydrogen-bond acceptors (Lipinski definition) is 6. The van der Waals surface area contributed by atoms with Crippen molar-refractivity contribution < 1.29 is 14.0 Å². The molecule has 1 aromatic carbocycles. The van der Waals surface area contributed by atoms with Crippen molar-refractivity contribution >= 4 is 0 Å². The summed E-state index contributed by atoms with van der Waals surface area (Å²) >= 11 is 0. The quantitative estimate of drug-likeness (QED) is 0.868. The number of rotatable bonds is 6. The van der Waals surface area contributed by atoms with E-state index in [4.69, 9.17) is 14.0 Å². The molecule has 2 aromatic rings. The first-order chi connectivity index (χ1) is 10.3. The molecule has 1 saturated heterocycles. The fourth-order valence-corrected chi connectivity index (χ4v) is 2.36. The number of nitrogens with one attached hydrogen (secondary N) is 1. The largest absolute Gasteiger partial charge is 0.493 e. The second-order valence-electron chi connectivity index (χ2n) is 5.20. The molecule has 6 heteroatoms. The molecule has 0 aliphatic carbocycles. The van der Waals surface area contributed by atoms with Crippen LogP contribution in [0.4, 0.5) is 0 Å². The average Bonchev–Trinajstić information content (AvgIpc) is 2.90. The first kappa shape index (κ1) is 13.9. The highest BCUT2D eigenvalue weighted by Gasteiger charge is 2.20. The van der Waals surface area contributed by atoms with Crippen molar-refractivity contribution in [3.8, 4) is 11.5 Å². The van der Waals surface area contributed by atoms with Crippen LogP contribution in [0.5, 0.6) is 11.5 Å². The molecular formula is C15H19N3O3. The third-order valence-electron chi connectivity index (χ3n) is 3.65. The van der Waals surface area contributed by atoms with E-state index < -0.39 is 0 Å². The van der Waals surface area contributed by atoms with Gasteiger partial charge in [0.05, 0.1) is 14.2 Å². The first-order valence-electron chi connectivity index (χ1n) is 7.01. The zero-order valence-corrected chi connectivity index (χ0v) is 12.3. The summed E-state index contributed by atoms with van der Waals surface area (Å²) in [5, 5.41) is 7.28. The topological polar surface area (TPSA) is 69.4 Å². The van der Waals surface area contributed by atoms with Crippen LogP contribution in [-0.4, -0.2) is 37.4 Å². The Hall–Kier alpha value is -2.08. The van der Waals surface area contributed by atoms with Gasteiger partial charge in [-0.2, -0.15) is 4.98 Å². The van der Waals surface area contributed by atoms with Gasteiger partial charge in [-0.15, -0.1) is 0 Å². The van der Waals surface area contributed by atoms with Gasteiger partial charge in [0.15, 0.2) is 17.3 Å². The lowest BCUT2D eigenvalue weighted by atomic mass is 10.00. The smallest absolute Gasteiger partial charge is 0.227 e. The van der Waals surface area contributed by atoms with E-state index in [0.717, 1.165) is 31.0 Å². The van der Waals surface area contributed by atoms with E-state index in [1.165, 1.54) is 0 Å². The number of aromatic nitrogens is 2. The zero-order valence-electron chi connectivity index (χ0n) is 12.3. The van der Waals surface area contributed by atoms with Crippen LogP contribution in [0.2, 0.25) is 0 Å². The van der Waals surface area contributed by atoms with E-state index in [9.17, 15) is 0 Å². The molecule has 6 nitrogen and oxygen atoms in total. The predicted molar refractivity (Wildman–Crippen MR) is 76.7 cm³/mol. The fourth-order valence-electron chi connectivity index (χ4n) is 2.36. The number of nitrogens with zero attached hydrogens (tertiary/aromatic N) is 2. The summed E-state index contributed by atoms with van der Waals surface area (Å²) in [6.45, 7) is 2.07. The molecule has 0 unspecified atom stereocenters. The van der Waals surface area contributed by atoms with Gasteiger partial charge < -0.3 is 19.3 Å². The van der Waals surface area contributed by atoms with E-state index >= 15 is 0 Å². The standard InChI is InChI=1S/C15H19N3O3/c1-19-12-4-3-10(5-13(12)20-2)6-14-17-15(21-18-14)7-11-8-16-9-11/h3-5,11,16H,6-9H2,1-2H3. The van der Waals surface area contributed by atoms with Crippen LogP contribution in [-0.2, 0) is 12.8 Å². The Kier molecular flexibility index (Phi) is 4.06. The van der Waals surface area contributed by atoms with Crippen molar-refractivity contribution in [3.63, 3.8) is 0 Å². The van der Waals surface area contributed by atoms with Gasteiger partial charge in [-0.05, 0) is 36.7 Å². The molecule has 21 heavy (non-hydrogen) atoms. The van der Waals surface area contributed by atoms with Crippen LogP contribution in [0.1, 0.15) is 17.3 Å². The molecule has 0 bridgehead atoms. The second-order valence-corrected chi connectivity index (χ2v) is 5.20. The van der Waals surface area contributed by atoms with Crippen molar-refractivity contribution in [2.75, 3.05) is 27.3 Å². The van der Waals surface area contributed by atoms with Crippen LogP contribution < -0.4 is 14.8 Å². The normalized spacial score (nSPS) is 14.8. The summed E-state index contributed by atoms with van der Waals surface area (Å²) in [7, 11) is 3.25. The highest BCUT2D eigenvalue weighted by Crippen LogP contribution is 2.28. The van der Waals surface area contributed by atoms with Crippen LogP contribution in [0, 0.1) is 5.92 Å². The summed E-state index contributed by atoms with van der Waals surface area (Å²) in [6, 6.07) is 5.80. The lowest BCUT2D eigenvalue weighted by Gasteiger charge is -2.25. The Balaban J connectivity index is 1.68. The zero-order chi connectivity index (χ0) is 14.7. The molecule has 1 fully saturated rings. The summed E-state index contributed by atoms with van der Waals surface area (Å²) in [5.41, 5.74) is 1.06. The summed E-state index contributed by atoms with van der Waals surface area (Å²) in [6.07, 6.45) is 1.47. The molecule has 112 valence electrons. The fraction of sp³-hybridized carbons (Fsp3) is 0.467. The Morgan fingerprint density at radius 1 is 1.24 bits per heavy atom. The van der Waals surface area contributed by atoms with E-state index in [-0.39, 0.29) is 0 Å². The van der Waals surface area contributed by atoms with Gasteiger partial charge >= 0.3 is 0 Å². The van der Waals surface area contributed by atoms with Crippen molar-refractivity contribution in [3.05, 3.63) is 35.5 Å². The third-order valence-corrected chi connectivity index (χ3v) is 3.65. The maximum absolute atomic E-state index is 5.30. The van der Waals surface area contributed by atoms with E-state index in [0.29, 0.717) is 29.7 Å². The molecule has 2 heterocycles. The number of methoxy groups -OCH3 is 2. The summed E-state index contributed by atoms with van der Waals surface area (Å²) < 4.78 is 15.8. The van der Waals surface area contributed by atoms with Gasteiger partial charge in [-0.3, -0.25) is 0 Å². The van der Waals surface area contributed by atoms with E-state index in [1.807, 2.05) is 18.2 Å². The second kappa shape index (κ2) is 6.13. The maximum atomic E-state index is 5.30. The minimum absolute atomic E-state index is 0.618. The minimum Gasteiger partial charge on any atom is -0.493 e. The Labute approximate surface area is 123 Å². The van der Waals surface area contributed by atoms with Gasteiger partial charge in [-0.1, -0.05) is 11.2 Å². The molecule has 0 atom stereocenters. The van der Waals surface area contributed by atoms with E-state index in [2.05, 4.69) is 15.5 Å². The van der Waals surface area contributed by atoms with Crippen LogP contribution >= 0.6 is 0 Å². The Morgan fingerprint density at radius 2 is 2.05 bits per heavy atom. The monoisotopic (exact) mass is 289 g/mol. The number of benzene rings is 1. The summed E-state index contributed by atoms with van der Waals surface area (Å²) in [5.74, 6) is 3.47. The number of hydrogen-bond donors (Lipinski definition) is 1. The molecular weight excluding hydrogens is 270 g/mol. The van der Waals surface area contributed by atoms with Crippen molar-refractivity contribution in [1.29, 1.82) is 0 Å². The Bertz CT molecular complexity index is 608. The molecule has 1 aliphatic rings. The van der Waals surface area contributed by atoms with E-state index in [1.54, 1.807) is 14.2 Å². The molecule has 1 aliphatic heterocycles. The SMILES string of the molecule is COc1ccc(Cc2noc(CC3CNC3)n2)cc1OC. The van der Waals surface area contributed by atoms with Crippen LogP contribution in [0.15, 0.2) is 22.7 Å². The molecule has 1 N–H and O–H groups in total. The lowest BCUT2D eigenvalue weighted by molar-refractivity contribution is 0.295. The average molecular weight is 289 g/mol. The molecule has 0 radical (unpaired) electrons. The third kappa shape index (κ3) is 3.16. The maximum Gasteiger partial charge on any atom is 0.227 e. The van der Waals surface area contributed by atoms with Gasteiger partial charge in [-0.25, -0.2) is 0 Å². The van der Waals surface area contributed by atoms with Crippen LogP contribution in [0.3, 0.4) is 0 Å². The van der Waals surface area contributed by atoms with Crippen molar-refractivity contribution in [2.24, 2.45) is 5.92 Å². The molecule has 0 amide bonds. The molecule has 0 spiro atoms. The molecule has 1 aromatic heterocycles. The van der Waals surface area contributed by atoms with Crippen molar-refractivity contribution in [2.45, 2.75) is 12.8 Å².